The Labute approximate surface area is 118 Å². The van der Waals surface area contributed by atoms with Crippen molar-refractivity contribution in [3.63, 3.8) is 0 Å². The van der Waals surface area contributed by atoms with Crippen LogP contribution in [0.2, 0.25) is 0 Å². The normalized spacial score (nSPS) is 12.9. The van der Waals surface area contributed by atoms with Gasteiger partial charge in [-0.05, 0) is 20.3 Å². The molecular formula is C13H21N5O2. The van der Waals surface area contributed by atoms with Crippen molar-refractivity contribution in [1.82, 2.24) is 19.5 Å². The Balaban J connectivity index is 1.80. The van der Waals surface area contributed by atoms with Gasteiger partial charge in [0.2, 0.25) is 0 Å². The maximum Gasteiger partial charge on any atom is 0.165 e. The van der Waals surface area contributed by atoms with Gasteiger partial charge in [-0.25, -0.2) is 15.0 Å². The predicted octanol–water partition coefficient (Wildman–Crippen LogP) is 1.24. The zero-order valence-corrected chi connectivity index (χ0v) is 12.0. The van der Waals surface area contributed by atoms with Crippen LogP contribution >= 0.6 is 0 Å². The van der Waals surface area contributed by atoms with Gasteiger partial charge in [0, 0.05) is 19.8 Å². The Morgan fingerprint density at radius 2 is 2.20 bits per heavy atom. The van der Waals surface area contributed by atoms with E-state index in [2.05, 4.69) is 15.0 Å². The van der Waals surface area contributed by atoms with E-state index in [4.69, 9.17) is 15.2 Å². The molecular weight excluding hydrogens is 258 g/mol. The fourth-order valence-corrected chi connectivity index (χ4v) is 1.91. The minimum absolute atomic E-state index is 0.118. The van der Waals surface area contributed by atoms with Crippen molar-refractivity contribution in [2.24, 2.45) is 0 Å². The van der Waals surface area contributed by atoms with Crippen LogP contribution in [0.5, 0.6) is 0 Å². The summed E-state index contributed by atoms with van der Waals surface area (Å²) in [5.74, 6) is 0.412. The predicted molar refractivity (Wildman–Crippen MR) is 76.3 cm³/mol. The van der Waals surface area contributed by atoms with E-state index in [1.165, 1.54) is 6.33 Å². The van der Waals surface area contributed by atoms with Crippen molar-refractivity contribution in [1.29, 1.82) is 0 Å². The van der Waals surface area contributed by atoms with Crippen molar-refractivity contribution in [3.05, 3.63) is 12.7 Å². The third-order valence-electron chi connectivity index (χ3n) is 2.93. The second-order valence-electron chi connectivity index (χ2n) is 4.56. The maximum absolute atomic E-state index is 5.75. The van der Waals surface area contributed by atoms with Crippen molar-refractivity contribution in [2.45, 2.75) is 32.9 Å². The zero-order chi connectivity index (χ0) is 14.4. The number of ether oxygens (including phenoxy) is 2. The lowest BCUT2D eigenvalue weighted by Crippen LogP contribution is -2.17. The van der Waals surface area contributed by atoms with E-state index in [1.54, 1.807) is 6.33 Å². The SMILES string of the molecule is CCOCC(C)OCCCn1cnc2c(N)ncnc21. The number of hydrogen-bond acceptors (Lipinski definition) is 6. The second kappa shape index (κ2) is 7.16. The minimum atomic E-state index is 0.118. The van der Waals surface area contributed by atoms with E-state index < -0.39 is 0 Å². The third-order valence-corrected chi connectivity index (χ3v) is 2.93. The number of nitrogens with two attached hydrogens (primary N) is 1. The first kappa shape index (κ1) is 14.7. The second-order valence-corrected chi connectivity index (χ2v) is 4.56. The summed E-state index contributed by atoms with van der Waals surface area (Å²) in [6.45, 7) is 6.80. The van der Waals surface area contributed by atoms with Gasteiger partial charge in [0.05, 0.1) is 19.0 Å². The number of hydrogen-bond donors (Lipinski definition) is 1. The third kappa shape index (κ3) is 3.64. The zero-order valence-electron chi connectivity index (χ0n) is 12.0. The van der Waals surface area contributed by atoms with Crippen LogP contribution in [-0.4, -0.2) is 45.4 Å². The molecule has 0 amide bonds. The lowest BCUT2D eigenvalue weighted by atomic mass is 10.4. The van der Waals surface area contributed by atoms with Crippen LogP contribution in [0.15, 0.2) is 12.7 Å². The molecule has 1 atom stereocenters. The van der Waals surface area contributed by atoms with Crippen LogP contribution in [0.3, 0.4) is 0 Å². The van der Waals surface area contributed by atoms with Crippen molar-refractivity contribution in [2.75, 3.05) is 25.6 Å². The van der Waals surface area contributed by atoms with E-state index in [9.17, 15) is 0 Å². The number of imidazole rings is 1. The number of aryl methyl sites for hydroxylation is 1. The summed E-state index contributed by atoms with van der Waals surface area (Å²) in [5, 5.41) is 0. The summed E-state index contributed by atoms with van der Waals surface area (Å²) in [7, 11) is 0. The van der Waals surface area contributed by atoms with Crippen LogP contribution in [0.4, 0.5) is 5.82 Å². The highest BCUT2D eigenvalue weighted by molar-refractivity contribution is 5.80. The highest BCUT2D eigenvalue weighted by Gasteiger charge is 2.07. The van der Waals surface area contributed by atoms with Crippen LogP contribution in [0.1, 0.15) is 20.3 Å². The molecule has 20 heavy (non-hydrogen) atoms. The monoisotopic (exact) mass is 279 g/mol. The number of nitrogens with zero attached hydrogens (tertiary/aromatic N) is 4. The van der Waals surface area contributed by atoms with Crippen LogP contribution in [0, 0.1) is 0 Å². The van der Waals surface area contributed by atoms with Crippen LogP contribution < -0.4 is 5.73 Å². The molecule has 2 aromatic rings. The van der Waals surface area contributed by atoms with Crippen LogP contribution in [-0.2, 0) is 16.0 Å². The summed E-state index contributed by atoms with van der Waals surface area (Å²) in [5.41, 5.74) is 7.16. The average Bonchev–Trinajstić information content (AvgIpc) is 2.86. The van der Waals surface area contributed by atoms with Gasteiger partial charge in [0.15, 0.2) is 11.5 Å². The van der Waals surface area contributed by atoms with Gasteiger partial charge in [-0.3, -0.25) is 0 Å². The molecule has 7 heteroatoms. The Hall–Kier alpha value is -1.73. The molecule has 2 rings (SSSR count). The molecule has 0 aliphatic carbocycles. The lowest BCUT2D eigenvalue weighted by Gasteiger charge is -2.12. The van der Waals surface area contributed by atoms with Gasteiger partial charge in [0.1, 0.15) is 11.8 Å². The van der Waals surface area contributed by atoms with E-state index >= 15 is 0 Å². The largest absolute Gasteiger partial charge is 0.382 e. The minimum Gasteiger partial charge on any atom is -0.382 e. The number of aromatic nitrogens is 4. The number of rotatable bonds is 8. The van der Waals surface area contributed by atoms with Crippen LogP contribution in [0.25, 0.3) is 11.2 Å². The van der Waals surface area contributed by atoms with Gasteiger partial charge in [0.25, 0.3) is 0 Å². The summed E-state index contributed by atoms with van der Waals surface area (Å²) in [6.07, 6.45) is 4.19. The van der Waals surface area contributed by atoms with Gasteiger partial charge in [-0.2, -0.15) is 0 Å². The molecule has 0 aliphatic rings. The molecule has 0 aromatic carbocycles. The number of anilines is 1. The summed E-state index contributed by atoms with van der Waals surface area (Å²) < 4.78 is 12.9. The first-order valence-corrected chi connectivity index (χ1v) is 6.83. The highest BCUT2D eigenvalue weighted by atomic mass is 16.5. The Bertz CT molecular complexity index is 543. The fourth-order valence-electron chi connectivity index (χ4n) is 1.91. The van der Waals surface area contributed by atoms with E-state index in [1.807, 2.05) is 18.4 Å². The van der Waals surface area contributed by atoms with Gasteiger partial charge in [-0.1, -0.05) is 0 Å². The van der Waals surface area contributed by atoms with Gasteiger partial charge >= 0.3 is 0 Å². The molecule has 0 fully saturated rings. The Morgan fingerprint density at radius 3 is 3.00 bits per heavy atom. The molecule has 0 radical (unpaired) electrons. The Morgan fingerprint density at radius 1 is 1.35 bits per heavy atom. The molecule has 1 unspecified atom stereocenters. The molecule has 0 saturated heterocycles. The van der Waals surface area contributed by atoms with Crippen molar-refractivity contribution < 1.29 is 9.47 Å². The molecule has 0 saturated carbocycles. The van der Waals surface area contributed by atoms with Crippen molar-refractivity contribution in [3.8, 4) is 0 Å². The fraction of sp³-hybridized carbons (Fsp3) is 0.615. The molecule has 2 heterocycles. The quantitative estimate of drug-likeness (QED) is 0.731. The first-order chi connectivity index (χ1) is 9.72. The molecule has 0 aliphatic heterocycles. The number of fused-ring (bicyclic) bond motifs is 1. The van der Waals surface area contributed by atoms with E-state index in [-0.39, 0.29) is 6.10 Å². The topological polar surface area (TPSA) is 88.1 Å². The smallest absolute Gasteiger partial charge is 0.165 e. The first-order valence-electron chi connectivity index (χ1n) is 6.83. The highest BCUT2D eigenvalue weighted by Crippen LogP contribution is 2.14. The average molecular weight is 279 g/mol. The summed E-state index contributed by atoms with van der Waals surface area (Å²) >= 11 is 0. The van der Waals surface area contributed by atoms with Crippen molar-refractivity contribution >= 4 is 17.0 Å². The molecule has 7 nitrogen and oxygen atoms in total. The summed E-state index contributed by atoms with van der Waals surface area (Å²) in [6, 6.07) is 0. The lowest BCUT2D eigenvalue weighted by molar-refractivity contribution is -0.00489. The van der Waals surface area contributed by atoms with E-state index in [0.717, 1.165) is 25.2 Å². The Kier molecular flexibility index (Phi) is 5.25. The molecule has 2 N–H and O–H groups in total. The van der Waals surface area contributed by atoms with E-state index in [0.29, 0.717) is 24.5 Å². The summed E-state index contributed by atoms with van der Waals surface area (Å²) in [4.78, 5) is 12.4. The molecule has 0 spiro atoms. The standard InChI is InChI=1S/C13H21N5O2/c1-3-19-7-10(2)20-6-4-5-18-9-17-11-12(14)15-8-16-13(11)18/h8-10H,3-7H2,1-2H3,(H2,14,15,16). The maximum atomic E-state index is 5.75. The molecule has 110 valence electrons. The van der Waals surface area contributed by atoms with Gasteiger partial charge < -0.3 is 19.8 Å². The van der Waals surface area contributed by atoms with Gasteiger partial charge in [-0.15, -0.1) is 0 Å². The molecule has 0 bridgehead atoms. The number of nitrogen functional groups attached to an aromatic ring is 1. The molecule has 2 aromatic heterocycles.